The lowest BCUT2D eigenvalue weighted by Crippen LogP contribution is -2.32. The van der Waals surface area contributed by atoms with Crippen molar-refractivity contribution in [3.8, 4) is 11.5 Å². The Morgan fingerprint density at radius 2 is 1.72 bits per heavy atom. The van der Waals surface area contributed by atoms with E-state index >= 15 is 0 Å². The lowest BCUT2D eigenvalue weighted by molar-refractivity contribution is -0.122. The van der Waals surface area contributed by atoms with Crippen molar-refractivity contribution < 1.29 is 14.3 Å². The minimum atomic E-state index is -0.535. The summed E-state index contributed by atoms with van der Waals surface area (Å²) in [7, 11) is 0. The van der Waals surface area contributed by atoms with Crippen LogP contribution in [-0.4, -0.2) is 18.1 Å². The van der Waals surface area contributed by atoms with Gasteiger partial charge in [-0.1, -0.05) is 19.1 Å². The van der Waals surface area contributed by atoms with Crippen molar-refractivity contribution in [3.05, 3.63) is 53.6 Å². The summed E-state index contributed by atoms with van der Waals surface area (Å²) in [6.45, 7) is 9.88. The van der Waals surface area contributed by atoms with E-state index in [1.165, 1.54) is 0 Å². The fourth-order valence-corrected chi connectivity index (χ4v) is 2.42. The summed E-state index contributed by atoms with van der Waals surface area (Å²) in [5.74, 6) is 1.38. The lowest BCUT2D eigenvalue weighted by atomic mass is 10.1. The number of benzene rings is 2. The molecule has 25 heavy (non-hydrogen) atoms. The lowest BCUT2D eigenvalue weighted by Gasteiger charge is -2.19. The molecule has 0 unspecified atom stereocenters. The Morgan fingerprint density at radius 3 is 2.32 bits per heavy atom. The molecule has 0 aliphatic rings. The monoisotopic (exact) mass is 341 g/mol. The van der Waals surface area contributed by atoms with Crippen LogP contribution in [0, 0.1) is 13.8 Å². The van der Waals surface area contributed by atoms with Gasteiger partial charge in [-0.25, -0.2) is 0 Å². The molecule has 0 saturated heterocycles. The number of amides is 1. The van der Waals surface area contributed by atoms with Gasteiger partial charge in [0.15, 0.2) is 6.10 Å². The Bertz CT molecular complexity index is 708. The minimum Gasteiger partial charge on any atom is -0.491 e. The first-order valence-corrected chi connectivity index (χ1v) is 8.70. The number of anilines is 1. The standard InChI is InChI=1S/C21H27NO3/c1-6-19(25-20-13-15(4)7-8-16(20)5)21(23)22-17-9-11-18(12-10-17)24-14(2)3/h7-14,19H,6H2,1-5H3,(H,22,23)/t19-/m1/s1. The van der Waals surface area contributed by atoms with Gasteiger partial charge in [-0.05, 0) is 75.6 Å². The highest BCUT2D eigenvalue weighted by molar-refractivity contribution is 5.94. The van der Waals surface area contributed by atoms with Gasteiger partial charge in [-0.15, -0.1) is 0 Å². The smallest absolute Gasteiger partial charge is 0.265 e. The highest BCUT2D eigenvalue weighted by atomic mass is 16.5. The Balaban J connectivity index is 2.03. The van der Waals surface area contributed by atoms with Gasteiger partial charge in [0.1, 0.15) is 11.5 Å². The molecular formula is C21H27NO3. The van der Waals surface area contributed by atoms with Gasteiger partial charge in [0.25, 0.3) is 5.91 Å². The predicted molar refractivity (Wildman–Crippen MR) is 101 cm³/mol. The molecule has 0 aliphatic heterocycles. The van der Waals surface area contributed by atoms with Crippen molar-refractivity contribution >= 4 is 11.6 Å². The molecule has 2 rings (SSSR count). The molecule has 134 valence electrons. The number of rotatable bonds is 7. The number of aryl methyl sites for hydroxylation is 2. The first-order valence-electron chi connectivity index (χ1n) is 8.70. The van der Waals surface area contributed by atoms with Crippen LogP contribution >= 0.6 is 0 Å². The first kappa shape index (κ1) is 18.8. The molecular weight excluding hydrogens is 314 g/mol. The van der Waals surface area contributed by atoms with Crippen LogP contribution in [0.2, 0.25) is 0 Å². The maximum absolute atomic E-state index is 12.5. The second-order valence-corrected chi connectivity index (χ2v) is 6.46. The zero-order valence-corrected chi connectivity index (χ0v) is 15.6. The SMILES string of the molecule is CC[C@@H](Oc1cc(C)ccc1C)C(=O)Nc1ccc(OC(C)C)cc1. The van der Waals surface area contributed by atoms with Crippen LogP contribution in [0.4, 0.5) is 5.69 Å². The number of carbonyl (C=O) groups is 1. The van der Waals surface area contributed by atoms with E-state index in [4.69, 9.17) is 9.47 Å². The van der Waals surface area contributed by atoms with Gasteiger partial charge in [-0.3, -0.25) is 4.79 Å². The number of nitrogens with one attached hydrogen (secondary N) is 1. The molecule has 4 heteroatoms. The van der Waals surface area contributed by atoms with Gasteiger partial charge in [0.2, 0.25) is 0 Å². The third-order valence-electron chi connectivity index (χ3n) is 3.77. The summed E-state index contributed by atoms with van der Waals surface area (Å²) >= 11 is 0. The van der Waals surface area contributed by atoms with E-state index in [-0.39, 0.29) is 12.0 Å². The summed E-state index contributed by atoms with van der Waals surface area (Å²) < 4.78 is 11.6. The second-order valence-electron chi connectivity index (χ2n) is 6.46. The second kappa shape index (κ2) is 8.56. The molecule has 0 radical (unpaired) electrons. The molecule has 0 fully saturated rings. The van der Waals surface area contributed by atoms with Crippen molar-refractivity contribution in [2.45, 2.75) is 53.2 Å². The van der Waals surface area contributed by atoms with Crippen LogP contribution < -0.4 is 14.8 Å². The minimum absolute atomic E-state index is 0.121. The first-order chi connectivity index (χ1) is 11.9. The molecule has 1 atom stereocenters. The molecule has 0 saturated carbocycles. The summed E-state index contributed by atoms with van der Waals surface area (Å²) in [6, 6.07) is 13.4. The van der Waals surface area contributed by atoms with Crippen molar-refractivity contribution in [1.82, 2.24) is 0 Å². The largest absolute Gasteiger partial charge is 0.491 e. The van der Waals surface area contributed by atoms with E-state index in [9.17, 15) is 4.79 Å². The van der Waals surface area contributed by atoms with E-state index in [1.54, 1.807) is 0 Å². The number of carbonyl (C=O) groups excluding carboxylic acids is 1. The van der Waals surface area contributed by atoms with E-state index < -0.39 is 6.10 Å². The van der Waals surface area contributed by atoms with Crippen LogP contribution in [0.3, 0.4) is 0 Å². The number of hydrogen-bond acceptors (Lipinski definition) is 3. The maximum Gasteiger partial charge on any atom is 0.265 e. The molecule has 0 spiro atoms. The average Bonchev–Trinajstić information content (AvgIpc) is 2.56. The molecule has 2 aromatic rings. The maximum atomic E-state index is 12.5. The molecule has 1 N–H and O–H groups in total. The molecule has 0 aliphatic carbocycles. The van der Waals surface area contributed by atoms with Gasteiger partial charge < -0.3 is 14.8 Å². The van der Waals surface area contributed by atoms with E-state index in [0.29, 0.717) is 6.42 Å². The van der Waals surface area contributed by atoms with E-state index in [0.717, 1.165) is 28.3 Å². The van der Waals surface area contributed by atoms with Gasteiger partial charge >= 0.3 is 0 Å². The van der Waals surface area contributed by atoms with Crippen molar-refractivity contribution in [2.24, 2.45) is 0 Å². The molecule has 4 nitrogen and oxygen atoms in total. The van der Waals surface area contributed by atoms with E-state index in [1.807, 2.05) is 77.1 Å². The fraction of sp³-hybridized carbons (Fsp3) is 0.381. The molecule has 0 aromatic heterocycles. The summed E-state index contributed by atoms with van der Waals surface area (Å²) in [6.07, 6.45) is 0.177. The number of ether oxygens (including phenoxy) is 2. The van der Waals surface area contributed by atoms with Crippen molar-refractivity contribution in [1.29, 1.82) is 0 Å². The Labute approximate surface area is 150 Å². The van der Waals surface area contributed by atoms with Gasteiger partial charge in [-0.2, -0.15) is 0 Å². The predicted octanol–water partition coefficient (Wildman–Crippen LogP) is 4.89. The summed E-state index contributed by atoms with van der Waals surface area (Å²) in [5.41, 5.74) is 2.85. The van der Waals surface area contributed by atoms with Crippen molar-refractivity contribution in [3.63, 3.8) is 0 Å². The van der Waals surface area contributed by atoms with Crippen LogP contribution in [0.1, 0.15) is 38.3 Å². The Morgan fingerprint density at radius 1 is 1.04 bits per heavy atom. The number of hydrogen-bond donors (Lipinski definition) is 1. The Kier molecular flexibility index (Phi) is 6.45. The van der Waals surface area contributed by atoms with Crippen LogP contribution in [0.25, 0.3) is 0 Å². The van der Waals surface area contributed by atoms with Gasteiger partial charge in [0.05, 0.1) is 6.10 Å². The highest BCUT2D eigenvalue weighted by Gasteiger charge is 2.19. The van der Waals surface area contributed by atoms with E-state index in [2.05, 4.69) is 5.32 Å². The van der Waals surface area contributed by atoms with Gasteiger partial charge in [0, 0.05) is 5.69 Å². The normalized spacial score (nSPS) is 11.9. The quantitative estimate of drug-likeness (QED) is 0.780. The third kappa shape index (κ3) is 5.52. The molecule has 0 bridgehead atoms. The van der Waals surface area contributed by atoms with Crippen LogP contribution in [-0.2, 0) is 4.79 Å². The molecule has 1 amide bonds. The summed E-state index contributed by atoms with van der Waals surface area (Å²) in [5, 5.41) is 2.91. The average molecular weight is 341 g/mol. The zero-order chi connectivity index (χ0) is 18.4. The van der Waals surface area contributed by atoms with Crippen LogP contribution in [0.5, 0.6) is 11.5 Å². The third-order valence-corrected chi connectivity index (χ3v) is 3.77. The fourth-order valence-electron chi connectivity index (χ4n) is 2.42. The highest BCUT2D eigenvalue weighted by Crippen LogP contribution is 2.22. The Hall–Kier alpha value is -2.49. The molecule has 2 aromatic carbocycles. The summed E-state index contributed by atoms with van der Waals surface area (Å²) in [4.78, 5) is 12.5. The zero-order valence-electron chi connectivity index (χ0n) is 15.6. The topological polar surface area (TPSA) is 47.6 Å². The van der Waals surface area contributed by atoms with Crippen LogP contribution in [0.15, 0.2) is 42.5 Å². The van der Waals surface area contributed by atoms with Crippen molar-refractivity contribution in [2.75, 3.05) is 5.32 Å². The molecule has 0 heterocycles.